The number of likely N-dealkylation sites (tertiary alicyclic amines) is 2. The zero-order valence-electron chi connectivity index (χ0n) is 12.4. The van der Waals surface area contributed by atoms with Crippen LogP contribution in [0.5, 0.6) is 0 Å². The van der Waals surface area contributed by atoms with Crippen LogP contribution in [0.15, 0.2) is 0 Å². The molecule has 2 saturated heterocycles. The summed E-state index contributed by atoms with van der Waals surface area (Å²) >= 11 is 0. The van der Waals surface area contributed by atoms with Gasteiger partial charge in [-0.1, -0.05) is 6.92 Å². The smallest absolute Gasteiger partial charge is 0.309 e. The molecule has 19 heavy (non-hydrogen) atoms. The number of piperidine rings is 1. The molecule has 1 N–H and O–H groups in total. The Labute approximate surface area is 116 Å². The van der Waals surface area contributed by atoms with E-state index in [0.29, 0.717) is 6.04 Å². The van der Waals surface area contributed by atoms with Gasteiger partial charge >= 0.3 is 5.97 Å². The molecule has 0 saturated carbocycles. The van der Waals surface area contributed by atoms with Crippen LogP contribution < -0.4 is 0 Å². The minimum atomic E-state index is -0.588. The van der Waals surface area contributed by atoms with Crippen LogP contribution in [0.2, 0.25) is 0 Å². The van der Waals surface area contributed by atoms with Crippen molar-refractivity contribution < 1.29 is 9.90 Å². The highest BCUT2D eigenvalue weighted by atomic mass is 16.4. The van der Waals surface area contributed by atoms with E-state index < -0.39 is 11.4 Å². The number of carboxylic acid groups (broad SMARTS) is 1. The van der Waals surface area contributed by atoms with Gasteiger partial charge < -0.3 is 14.9 Å². The highest BCUT2D eigenvalue weighted by molar-refractivity contribution is 5.74. The first-order valence-corrected chi connectivity index (χ1v) is 7.73. The van der Waals surface area contributed by atoms with Gasteiger partial charge in [0.25, 0.3) is 0 Å². The van der Waals surface area contributed by atoms with Gasteiger partial charge in [-0.25, -0.2) is 0 Å². The predicted octanol–water partition coefficient (Wildman–Crippen LogP) is 2.05. The summed E-state index contributed by atoms with van der Waals surface area (Å²) < 4.78 is 0. The lowest BCUT2D eigenvalue weighted by Gasteiger charge is -2.41. The molecule has 0 aromatic rings. The lowest BCUT2D eigenvalue weighted by molar-refractivity contribution is -0.152. The first-order valence-electron chi connectivity index (χ1n) is 7.73. The van der Waals surface area contributed by atoms with E-state index in [0.717, 1.165) is 32.4 Å². The van der Waals surface area contributed by atoms with Gasteiger partial charge in [-0.3, -0.25) is 4.79 Å². The van der Waals surface area contributed by atoms with Crippen molar-refractivity contribution in [1.82, 2.24) is 9.80 Å². The zero-order valence-corrected chi connectivity index (χ0v) is 12.4. The highest BCUT2D eigenvalue weighted by Crippen LogP contribution is 2.36. The first kappa shape index (κ1) is 14.8. The molecule has 2 rings (SSSR count). The number of aliphatic carboxylic acids is 1. The summed E-state index contributed by atoms with van der Waals surface area (Å²) in [5.74, 6) is -0.588. The maximum atomic E-state index is 11.5. The van der Waals surface area contributed by atoms with E-state index >= 15 is 0 Å². The van der Waals surface area contributed by atoms with Crippen LogP contribution in [-0.2, 0) is 4.79 Å². The Bertz CT molecular complexity index is 311. The van der Waals surface area contributed by atoms with E-state index in [-0.39, 0.29) is 0 Å². The predicted molar refractivity (Wildman–Crippen MR) is 76.3 cm³/mol. The molecule has 4 heteroatoms. The second kappa shape index (κ2) is 6.23. The van der Waals surface area contributed by atoms with E-state index in [9.17, 15) is 9.90 Å². The molecule has 0 radical (unpaired) electrons. The molecular formula is C15H28N2O2. The fraction of sp³-hybridized carbons (Fsp3) is 0.933. The molecule has 1 unspecified atom stereocenters. The topological polar surface area (TPSA) is 43.8 Å². The molecule has 4 nitrogen and oxygen atoms in total. The van der Waals surface area contributed by atoms with Gasteiger partial charge in [0, 0.05) is 6.04 Å². The largest absolute Gasteiger partial charge is 0.481 e. The molecule has 2 aliphatic rings. The Morgan fingerprint density at radius 1 is 1.21 bits per heavy atom. The molecule has 0 aliphatic carbocycles. The average Bonchev–Trinajstić information content (AvgIpc) is 2.63. The van der Waals surface area contributed by atoms with E-state index in [1.165, 1.54) is 32.4 Å². The van der Waals surface area contributed by atoms with Crippen LogP contribution in [0.25, 0.3) is 0 Å². The highest BCUT2D eigenvalue weighted by Gasteiger charge is 2.41. The molecule has 0 amide bonds. The van der Waals surface area contributed by atoms with Gasteiger partial charge in [-0.15, -0.1) is 0 Å². The van der Waals surface area contributed by atoms with Gasteiger partial charge in [-0.2, -0.15) is 0 Å². The van der Waals surface area contributed by atoms with Crippen molar-refractivity contribution in [2.45, 2.75) is 51.5 Å². The Balaban J connectivity index is 1.90. The Morgan fingerprint density at radius 2 is 1.89 bits per heavy atom. The number of hydrogen-bond acceptors (Lipinski definition) is 3. The molecule has 0 spiro atoms. The molecule has 1 atom stereocenters. The third kappa shape index (κ3) is 3.29. The zero-order chi connectivity index (χ0) is 13.9. The summed E-state index contributed by atoms with van der Waals surface area (Å²) in [5, 5.41) is 9.44. The monoisotopic (exact) mass is 268 g/mol. The average molecular weight is 268 g/mol. The summed E-state index contributed by atoms with van der Waals surface area (Å²) in [7, 11) is 2.20. The minimum Gasteiger partial charge on any atom is -0.481 e. The molecule has 2 heterocycles. The van der Waals surface area contributed by atoms with Gasteiger partial charge in [-0.05, 0) is 71.8 Å². The molecule has 0 bridgehead atoms. The van der Waals surface area contributed by atoms with Crippen LogP contribution in [-0.4, -0.2) is 60.1 Å². The van der Waals surface area contributed by atoms with Crippen LogP contribution in [0.4, 0.5) is 0 Å². The molecule has 0 aromatic heterocycles. The number of carbonyl (C=O) groups is 1. The Morgan fingerprint density at radius 3 is 2.47 bits per heavy atom. The summed E-state index contributed by atoms with van der Waals surface area (Å²) in [6, 6.07) is 0.675. The van der Waals surface area contributed by atoms with Crippen molar-refractivity contribution in [3.05, 3.63) is 0 Å². The van der Waals surface area contributed by atoms with Crippen LogP contribution >= 0.6 is 0 Å². The van der Waals surface area contributed by atoms with E-state index in [2.05, 4.69) is 16.8 Å². The second-order valence-corrected chi connectivity index (χ2v) is 6.36. The van der Waals surface area contributed by atoms with Crippen molar-refractivity contribution in [3.63, 3.8) is 0 Å². The van der Waals surface area contributed by atoms with E-state index in [4.69, 9.17) is 0 Å². The van der Waals surface area contributed by atoms with Crippen molar-refractivity contribution in [2.24, 2.45) is 5.41 Å². The summed E-state index contributed by atoms with van der Waals surface area (Å²) in [4.78, 5) is 16.4. The summed E-state index contributed by atoms with van der Waals surface area (Å²) in [5.41, 5.74) is -0.446. The van der Waals surface area contributed by atoms with Crippen LogP contribution in [0.3, 0.4) is 0 Å². The third-order valence-electron chi connectivity index (χ3n) is 5.32. The normalized spacial score (nSPS) is 29.9. The molecular weight excluding hydrogens is 240 g/mol. The number of hydrogen-bond donors (Lipinski definition) is 1. The Hall–Kier alpha value is -0.610. The van der Waals surface area contributed by atoms with Gasteiger partial charge in [0.2, 0.25) is 0 Å². The lowest BCUT2D eigenvalue weighted by atomic mass is 9.76. The van der Waals surface area contributed by atoms with Crippen molar-refractivity contribution in [1.29, 1.82) is 0 Å². The van der Waals surface area contributed by atoms with Gasteiger partial charge in [0.15, 0.2) is 0 Å². The lowest BCUT2D eigenvalue weighted by Crippen LogP contribution is -2.48. The second-order valence-electron chi connectivity index (χ2n) is 6.36. The maximum Gasteiger partial charge on any atom is 0.309 e. The maximum absolute atomic E-state index is 11.5. The summed E-state index contributed by atoms with van der Waals surface area (Å²) in [6.07, 6.45) is 6.20. The molecule has 110 valence electrons. The number of carboxylic acids is 1. The quantitative estimate of drug-likeness (QED) is 0.851. The fourth-order valence-electron chi connectivity index (χ4n) is 3.62. The van der Waals surface area contributed by atoms with Crippen LogP contribution in [0.1, 0.15) is 45.4 Å². The number of nitrogens with zero attached hydrogens (tertiary/aromatic N) is 2. The third-order valence-corrected chi connectivity index (χ3v) is 5.32. The standard InChI is InChI=1S/C15H28N2O2/c1-3-15(14(18)19)7-11-17(12-8-15)13-5-4-9-16(2)10-6-13/h13H,3-12H2,1-2H3,(H,18,19). The minimum absolute atomic E-state index is 0.446. The summed E-state index contributed by atoms with van der Waals surface area (Å²) in [6.45, 7) is 6.34. The van der Waals surface area contributed by atoms with Gasteiger partial charge in [0.1, 0.15) is 0 Å². The van der Waals surface area contributed by atoms with E-state index in [1.54, 1.807) is 0 Å². The first-order chi connectivity index (χ1) is 9.07. The van der Waals surface area contributed by atoms with E-state index in [1.807, 2.05) is 6.92 Å². The molecule has 0 aromatic carbocycles. The SMILES string of the molecule is CCC1(C(=O)O)CCN(C2CCCN(C)CC2)CC1. The van der Waals surface area contributed by atoms with Crippen LogP contribution in [0, 0.1) is 5.41 Å². The molecule has 2 aliphatic heterocycles. The fourth-order valence-corrected chi connectivity index (χ4v) is 3.62. The Kier molecular flexibility index (Phi) is 4.85. The van der Waals surface area contributed by atoms with Crippen molar-refractivity contribution in [3.8, 4) is 0 Å². The van der Waals surface area contributed by atoms with Gasteiger partial charge in [0.05, 0.1) is 5.41 Å². The number of rotatable bonds is 3. The molecule has 2 fully saturated rings. The van der Waals surface area contributed by atoms with Crippen molar-refractivity contribution >= 4 is 5.97 Å². The van der Waals surface area contributed by atoms with Crippen molar-refractivity contribution in [2.75, 3.05) is 33.2 Å².